The molecule has 3 rings (SSSR count). The number of ether oxygens (including phenoxy) is 1. The summed E-state index contributed by atoms with van der Waals surface area (Å²) in [7, 11) is 1.61. The third kappa shape index (κ3) is 2.15. The molecule has 0 aromatic heterocycles. The number of Topliss-reactive ketones (excluding diaryl/α,β-unsaturated/α-hetero) is 1. The molecule has 3 heteroatoms. The fourth-order valence-electron chi connectivity index (χ4n) is 3.93. The molecule has 0 spiro atoms. The average molecular weight is 286 g/mol. The summed E-state index contributed by atoms with van der Waals surface area (Å²) >= 11 is 0. The van der Waals surface area contributed by atoms with Crippen molar-refractivity contribution in [1.82, 2.24) is 0 Å². The molecule has 0 amide bonds. The number of fused-ring (bicyclic) bond motifs is 1. The first-order chi connectivity index (χ1) is 10.0. The molecule has 21 heavy (non-hydrogen) atoms. The number of methoxy groups -OCH3 is 1. The van der Waals surface area contributed by atoms with Crippen LogP contribution in [0.25, 0.3) is 5.57 Å². The molecule has 0 unspecified atom stereocenters. The van der Waals surface area contributed by atoms with Crippen molar-refractivity contribution in [2.24, 2.45) is 11.8 Å². The summed E-state index contributed by atoms with van der Waals surface area (Å²) in [6, 6.07) is 3.96. The van der Waals surface area contributed by atoms with Crippen LogP contribution in [-0.4, -0.2) is 18.0 Å². The Kier molecular flexibility index (Phi) is 3.52. The Morgan fingerprint density at radius 2 is 1.81 bits per heavy atom. The van der Waals surface area contributed by atoms with Crippen molar-refractivity contribution in [3.63, 3.8) is 0 Å². The molecular formula is C18H22O3. The van der Waals surface area contributed by atoms with E-state index in [1.807, 2.05) is 26.0 Å². The van der Waals surface area contributed by atoms with Gasteiger partial charge in [0.2, 0.25) is 0 Å². The molecule has 112 valence electrons. The summed E-state index contributed by atoms with van der Waals surface area (Å²) in [6.45, 7) is 3.98. The standard InChI is InChI=1S/C18H22O3/c1-10-8-11(2)15(14(9-10)21-3)16-17(19)12-6-4-5-7-13(12)18(16)20/h8-9,12-13,19H,4-7H2,1-3H3/t12-,13-/m0/s1. The van der Waals surface area contributed by atoms with Crippen molar-refractivity contribution in [3.05, 3.63) is 34.6 Å². The molecule has 2 aliphatic rings. The second-order valence-electron chi connectivity index (χ2n) is 6.28. The van der Waals surface area contributed by atoms with Crippen molar-refractivity contribution >= 4 is 11.4 Å². The summed E-state index contributed by atoms with van der Waals surface area (Å²) in [4.78, 5) is 12.8. The zero-order valence-electron chi connectivity index (χ0n) is 12.9. The molecule has 0 bridgehead atoms. The van der Waals surface area contributed by atoms with E-state index in [2.05, 4.69) is 0 Å². The van der Waals surface area contributed by atoms with Crippen LogP contribution in [0.1, 0.15) is 42.4 Å². The molecule has 1 N–H and O–H groups in total. The normalized spacial score (nSPS) is 25.2. The van der Waals surface area contributed by atoms with Gasteiger partial charge in [0.15, 0.2) is 5.78 Å². The lowest BCUT2D eigenvalue weighted by atomic mass is 9.80. The maximum Gasteiger partial charge on any atom is 0.170 e. The molecule has 0 aliphatic heterocycles. The van der Waals surface area contributed by atoms with E-state index in [1.165, 1.54) is 0 Å². The lowest BCUT2D eigenvalue weighted by Crippen LogP contribution is -2.21. The van der Waals surface area contributed by atoms with E-state index in [1.54, 1.807) is 7.11 Å². The van der Waals surface area contributed by atoms with Gasteiger partial charge in [-0.1, -0.05) is 18.9 Å². The Bertz CT molecular complexity index is 628. The fourth-order valence-corrected chi connectivity index (χ4v) is 3.93. The van der Waals surface area contributed by atoms with Crippen molar-refractivity contribution in [1.29, 1.82) is 0 Å². The van der Waals surface area contributed by atoms with Crippen molar-refractivity contribution in [3.8, 4) is 5.75 Å². The summed E-state index contributed by atoms with van der Waals surface area (Å²) in [5.41, 5.74) is 3.36. The van der Waals surface area contributed by atoms with E-state index < -0.39 is 0 Å². The molecule has 3 nitrogen and oxygen atoms in total. The number of benzene rings is 1. The van der Waals surface area contributed by atoms with Gasteiger partial charge in [-0.3, -0.25) is 4.79 Å². The van der Waals surface area contributed by atoms with Crippen LogP contribution in [0, 0.1) is 25.7 Å². The Morgan fingerprint density at radius 3 is 2.43 bits per heavy atom. The fraction of sp³-hybridized carbons (Fsp3) is 0.500. The van der Waals surface area contributed by atoms with E-state index >= 15 is 0 Å². The number of hydrogen-bond acceptors (Lipinski definition) is 3. The molecule has 1 aromatic rings. The van der Waals surface area contributed by atoms with Crippen molar-refractivity contribution in [2.45, 2.75) is 39.5 Å². The molecular weight excluding hydrogens is 264 g/mol. The topological polar surface area (TPSA) is 46.5 Å². The minimum absolute atomic E-state index is 0.0201. The number of aliphatic hydroxyl groups is 1. The number of carbonyl (C=O) groups excluding carboxylic acids is 1. The van der Waals surface area contributed by atoms with Gasteiger partial charge in [0.05, 0.1) is 12.7 Å². The van der Waals surface area contributed by atoms with Crippen LogP contribution < -0.4 is 4.74 Å². The second-order valence-corrected chi connectivity index (χ2v) is 6.28. The van der Waals surface area contributed by atoms with Gasteiger partial charge in [-0.05, 0) is 43.9 Å². The van der Waals surface area contributed by atoms with Crippen LogP contribution in [0.15, 0.2) is 17.9 Å². The minimum Gasteiger partial charge on any atom is -0.511 e. The monoisotopic (exact) mass is 286 g/mol. The van der Waals surface area contributed by atoms with E-state index in [0.29, 0.717) is 11.3 Å². The molecule has 1 fully saturated rings. The maximum absolute atomic E-state index is 12.8. The summed E-state index contributed by atoms with van der Waals surface area (Å²) < 4.78 is 5.47. The average Bonchev–Trinajstić information content (AvgIpc) is 2.71. The number of aliphatic hydroxyl groups excluding tert-OH is 1. The number of aryl methyl sites for hydroxylation is 2. The van der Waals surface area contributed by atoms with Gasteiger partial charge in [0.1, 0.15) is 11.5 Å². The number of carbonyl (C=O) groups is 1. The number of rotatable bonds is 2. The predicted molar refractivity (Wildman–Crippen MR) is 82.5 cm³/mol. The zero-order valence-corrected chi connectivity index (χ0v) is 12.9. The SMILES string of the molecule is COc1cc(C)cc(C)c1C1=C(O)[C@H]2CCCC[C@@H]2C1=O. The lowest BCUT2D eigenvalue weighted by molar-refractivity contribution is -0.118. The van der Waals surface area contributed by atoms with Crippen molar-refractivity contribution in [2.75, 3.05) is 7.11 Å². The first kappa shape index (κ1) is 14.2. The van der Waals surface area contributed by atoms with Gasteiger partial charge in [0, 0.05) is 17.4 Å². The Balaban J connectivity index is 2.16. The highest BCUT2D eigenvalue weighted by atomic mass is 16.5. The van der Waals surface area contributed by atoms with Crippen LogP contribution in [0.3, 0.4) is 0 Å². The quantitative estimate of drug-likeness (QED) is 0.894. The molecule has 0 saturated heterocycles. The van der Waals surface area contributed by atoms with Gasteiger partial charge < -0.3 is 9.84 Å². The van der Waals surface area contributed by atoms with Gasteiger partial charge >= 0.3 is 0 Å². The number of allylic oxidation sites excluding steroid dienone is 2. The molecule has 0 radical (unpaired) electrons. The Labute approximate surface area is 125 Å². The van der Waals surface area contributed by atoms with Crippen LogP contribution in [-0.2, 0) is 4.79 Å². The highest BCUT2D eigenvalue weighted by molar-refractivity contribution is 6.25. The summed E-state index contributed by atoms with van der Waals surface area (Å²) in [5, 5.41) is 10.6. The molecule has 2 atom stereocenters. The lowest BCUT2D eigenvalue weighted by Gasteiger charge is -2.23. The summed E-state index contributed by atoms with van der Waals surface area (Å²) in [6.07, 6.45) is 3.98. The van der Waals surface area contributed by atoms with Crippen LogP contribution >= 0.6 is 0 Å². The smallest absolute Gasteiger partial charge is 0.170 e. The third-order valence-corrected chi connectivity index (χ3v) is 4.87. The van der Waals surface area contributed by atoms with E-state index in [4.69, 9.17) is 4.74 Å². The summed E-state index contributed by atoms with van der Waals surface area (Å²) in [5.74, 6) is 1.06. The first-order valence-electron chi connectivity index (χ1n) is 7.67. The van der Waals surface area contributed by atoms with E-state index in [9.17, 15) is 9.90 Å². The highest BCUT2D eigenvalue weighted by Crippen LogP contribution is 2.48. The molecule has 1 aromatic carbocycles. The van der Waals surface area contributed by atoms with E-state index in [-0.39, 0.29) is 23.4 Å². The molecule has 0 heterocycles. The Hall–Kier alpha value is -1.77. The van der Waals surface area contributed by atoms with E-state index in [0.717, 1.165) is 42.4 Å². The number of ketones is 1. The van der Waals surface area contributed by atoms with Crippen LogP contribution in [0.5, 0.6) is 5.75 Å². The van der Waals surface area contributed by atoms with Gasteiger partial charge in [-0.15, -0.1) is 0 Å². The highest BCUT2D eigenvalue weighted by Gasteiger charge is 2.44. The molecule has 1 saturated carbocycles. The Morgan fingerprint density at radius 1 is 1.14 bits per heavy atom. The molecule has 2 aliphatic carbocycles. The van der Waals surface area contributed by atoms with Gasteiger partial charge in [-0.2, -0.15) is 0 Å². The zero-order chi connectivity index (χ0) is 15.1. The van der Waals surface area contributed by atoms with Gasteiger partial charge in [0.25, 0.3) is 0 Å². The number of hydrogen-bond donors (Lipinski definition) is 1. The largest absolute Gasteiger partial charge is 0.511 e. The van der Waals surface area contributed by atoms with Gasteiger partial charge in [-0.25, -0.2) is 0 Å². The third-order valence-electron chi connectivity index (χ3n) is 4.87. The van der Waals surface area contributed by atoms with Crippen LogP contribution in [0.4, 0.5) is 0 Å². The van der Waals surface area contributed by atoms with Crippen LogP contribution in [0.2, 0.25) is 0 Å². The van der Waals surface area contributed by atoms with Crippen molar-refractivity contribution < 1.29 is 14.6 Å². The minimum atomic E-state index is -0.0286. The predicted octanol–water partition coefficient (Wildman–Crippen LogP) is 3.97. The maximum atomic E-state index is 12.8. The first-order valence-corrected chi connectivity index (χ1v) is 7.67. The second kappa shape index (κ2) is 5.21.